The van der Waals surface area contributed by atoms with Crippen LogP contribution in [0.2, 0.25) is 0 Å². The van der Waals surface area contributed by atoms with E-state index in [9.17, 15) is 0 Å². The molecule has 2 N–H and O–H groups in total. The van der Waals surface area contributed by atoms with Gasteiger partial charge in [0.2, 0.25) is 0 Å². The molecule has 3 nitrogen and oxygen atoms in total. The fraction of sp³-hybridized carbons (Fsp3) is 0.857. The maximum absolute atomic E-state index is 8.36. The average molecular weight is 145 g/mol. The zero-order valence-electron chi connectivity index (χ0n) is 6.34. The number of hydrogen-bond donors (Lipinski definition) is 2. The van der Waals surface area contributed by atoms with Gasteiger partial charge in [0, 0.05) is 0 Å². The second kappa shape index (κ2) is 6.55. The Hall–Kier alpha value is -0.570. The van der Waals surface area contributed by atoms with E-state index in [0.717, 1.165) is 5.92 Å². The van der Waals surface area contributed by atoms with Gasteiger partial charge in [-0.05, 0) is 31.8 Å². The van der Waals surface area contributed by atoms with Gasteiger partial charge in [-0.25, -0.2) is 0 Å². The molecule has 1 heterocycles. The van der Waals surface area contributed by atoms with Gasteiger partial charge in [0.15, 0.2) is 0 Å². The third-order valence-electron chi connectivity index (χ3n) is 1.54. The first-order valence-electron chi connectivity index (χ1n) is 3.59. The lowest BCUT2D eigenvalue weighted by atomic mass is 10.0. The predicted octanol–water partition coefficient (Wildman–Crippen LogP) is 0.707. The lowest BCUT2D eigenvalue weighted by Crippen LogP contribution is -2.27. The van der Waals surface area contributed by atoms with Crippen LogP contribution < -0.4 is 5.32 Å². The number of piperidine rings is 1. The van der Waals surface area contributed by atoms with Gasteiger partial charge in [-0.3, -0.25) is 4.79 Å². The molecule has 60 valence electrons. The van der Waals surface area contributed by atoms with Crippen LogP contribution in [0.25, 0.3) is 0 Å². The first-order chi connectivity index (χ1) is 4.81. The van der Waals surface area contributed by atoms with E-state index < -0.39 is 0 Å². The standard InChI is InChI=1S/C6H13N.CH2O2/c1-6-3-2-4-7-5-6;2-1-3/h6-7H,2-5H2,1H3;1H,(H,2,3). The molecule has 0 spiro atoms. The van der Waals surface area contributed by atoms with Crippen LogP contribution >= 0.6 is 0 Å². The molecule has 0 bridgehead atoms. The van der Waals surface area contributed by atoms with Gasteiger partial charge in [0.25, 0.3) is 6.47 Å². The predicted molar refractivity (Wildman–Crippen MR) is 40.0 cm³/mol. The van der Waals surface area contributed by atoms with Gasteiger partial charge >= 0.3 is 0 Å². The average Bonchev–Trinajstić information content (AvgIpc) is 1.91. The maximum Gasteiger partial charge on any atom is 0.290 e. The molecule has 0 aromatic carbocycles. The summed E-state index contributed by atoms with van der Waals surface area (Å²) in [6, 6.07) is 0. The van der Waals surface area contributed by atoms with Gasteiger partial charge in [0.1, 0.15) is 0 Å². The SMILES string of the molecule is CC1CCCNC1.O=CO. The second-order valence-corrected chi connectivity index (χ2v) is 2.56. The summed E-state index contributed by atoms with van der Waals surface area (Å²) in [5.41, 5.74) is 0. The first kappa shape index (κ1) is 9.43. The van der Waals surface area contributed by atoms with Crippen LogP contribution in [0.15, 0.2) is 0 Å². The highest BCUT2D eigenvalue weighted by molar-refractivity contribution is 5.32. The Morgan fingerprint density at radius 1 is 1.70 bits per heavy atom. The van der Waals surface area contributed by atoms with Gasteiger partial charge in [-0.15, -0.1) is 0 Å². The van der Waals surface area contributed by atoms with Crippen molar-refractivity contribution in [2.75, 3.05) is 13.1 Å². The Bertz CT molecular complexity index is 79.7. The van der Waals surface area contributed by atoms with Crippen molar-refractivity contribution in [3.05, 3.63) is 0 Å². The summed E-state index contributed by atoms with van der Waals surface area (Å²) in [4.78, 5) is 8.36. The Kier molecular flexibility index (Phi) is 6.18. The van der Waals surface area contributed by atoms with Gasteiger partial charge in [-0.2, -0.15) is 0 Å². The zero-order chi connectivity index (χ0) is 7.82. The highest BCUT2D eigenvalue weighted by atomic mass is 16.3. The van der Waals surface area contributed by atoms with Crippen molar-refractivity contribution in [1.82, 2.24) is 5.32 Å². The molecule has 1 saturated heterocycles. The molecule has 1 aliphatic rings. The fourth-order valence-electron chi connectivity index (χ4n) is 1.03. The van der Waals surface area contributed by atoms with Crippen molar-refractivity contribution in [3.8, 4) is 0 Å². The summed E-state index contributed by atoms with van der Waals surface area (Å²) >= 11 is 0. The Morgan fingerprint density at radius 3 is 2.50 bits per heavy atom. The Morgan fingerprint density at radius 2 is 2.30 bits per heavy atom. The molecule has 0 amide bonds. The lowest BCUT2D eigenvalue weighted by Gasteiger charge is -2.17. The van der Waals surface area contributed by atoms with Crippen molar-refractivity contribution in [2.45, 2.75) is 19.8 Å². The number of carbonyl (C=O) groups is 1. The minimum absolute atomic E-state index is 0.250. The van der Waals surface area contributed by atoms with E-state index in [-0.39, 0.29) is 6.47 Å². The van der Waals surface area contributed by atoms with Crippen LogP contribution in [0.4, 0.5) is 0 Å². The van der Waals surface area contributed by atoms with Gasteiger partial charge in [0.05, 0.1) is 0 Å². The summed E-state index contributed by atoms with van der Waals surface area (Å²) in [6.07, 6.45) is 2.80. The molecule has 1 atom stereocenters. The molecule has 0 aromatic heterocycles. The van der Waals surface area contributed by atoms with Crippen molar-refractivity contribution < 1.29 is 9.90 Å². The molecule has 10 heavy (non-hydrogen) atoms. The topological polar surface area (TPSA) is 49.3 Å². The quantitative estimate of drug-likeness (QED) is 0.493. The van der Waals surface area contributed by atoms with E-state index in [1.807, 2.05) is 0 Å². The molecular weight excluding hydrogens is 130 g/mol. The molecule has 1 rings (SSSR count). The minimum atomic E-state index is -0.250. The summed E-state index contributed by atoms with van der Waals surface area (Å²) < 4.78 is 0. The van der Waals surface area contributed by atoms with E-state index in [2.05, 4.69) is 12.2 Å². The summed E-state index contributed by atoms with van der Waals surface area (Å²) in [6.45, 7) is 4.52. The first-order valence-corrected chi connectivity index (χ1v) is 3.59. The number of rotatable bonds is 0. The second-order valence-electron chi connectivity index (χ2n) is 2.56. The molecule has 1 unspecified atom stereocenters. The van der Waals surface area contributed by atoms with Crippen molar-refractivity contribution in [3.63, 3.8) is 0 Å². The monoisotopic (exact) mass is 145 g/mol. The Balaban J connectivity index is 0.000000236. The normalized spacial score (nSPS) is 24.3. The number of hydrogen-bond acceptors (Lipinski definition) is 2. The molecule has 1 fully saturated rings. The molecule has 0 aromatic rings. The molecule has 3 heteroatoms. The highest BCUT2D eigenvalue weighted by Crippen LogP contribution is 2.06. The largest absolute Gasteiger partial charge is 0.483 e. The molecule has 1 aliphatic heterocycles. The number of carboxylic acid groups (broad SMARTS) is 1. The maximum atomic E-state index is 8.36. The molecule has 0 radical (unpaired) electrons. The van der Waals surface area contributed by atoms with E-state index >= 15 is 0 Å². The fourth-order valence-corrected chi connectivity index (χ4v) is 1.03. The van der Waals surface area contributed by atoms with Crippen LogP contribution in [0.5, 0.6) is 0 Å². The van der Waals surface area contributed by atoms with E-state index in [4.69, 9.17) is 9.90 Å². The lowest BCUT2D eigenvalue weighted by molar-refractivity contribution is -0.122. The molecule has 0 saturated carbocycles. The van der Waals surface area contributed by atoms with E-state index in [1.54, 1.807) is 0 Å². The van der Waals surface area contributed by atoms with Crippen LogP contribution in [-0.4, -0.2) is 24.7 Å². The third kappa shape index (κ3) is 5.56. The van der Waals surface area contributed by atoms with Crippen molar-refractivity contribution in [1.29, 1.82) is 0 Å². The zero-order valence-corrected chi connectivity index (χ0v) is 6.34. The highest BCUT2D eigenvalue weighted by Gasteiger charge is 2.04. The molecule has 0 aliphatic carbocycles. The van der Waals surface area contributed by atoms with Crippen LogP contribution in [0, 0.1) is 5.92 Å². The van der Waals surface area contributed by atoms with Crippen LogP contribution in [-0.2, 0) is 4.79 Å². The summed E-state index contributed by atoms with van der Waals surface area (Å²) in [7, 11) is 0. The Labute approximate surface area is 61.4 Å². The summed E-state index contributed by atoms with van der Waals surface area (Å²) in [5.74, 6) is 0.925. The van der Waals surface area contributed by atoms with E-state index in [0.29, 0.717) is 0 Å². The molecular formula is C7H15NO2. The van der Waals surface area contributed by atoms with Crippen LogP contribution in [0.1, 0.15) is 19.8 Å². The van der Waals surface area contributed by atoms with Gasteiger partial charge < -0.3 is 10.4 Å². The van der Waals surface area contributed by atoms with E-state index in [1.165, 1.54) is 25.9 Å². The number of nitrogens with one attached hydrogen (secondary N) is 1. The third-order valence-corrected chi connectivity index (χ3v) is 1.54. The smallest absolute Gasteiger partial charge is 0.290 e. The van der Waals surface area contributed by atoms with Crippen LogP contribution in [0.3, 0.4) is 0 Å². The summed E-state index contributed by atoms with van der Waals surface area (Å²) in [5, 5.41) is 10.2. The minimum Gasteiger partial charge on any atom is -0.483 e. The van der Waals surface area contributed by atoms with Gasteiger partial charge in [-0.1, -0.05) is 6.92 Å². The van der Waals surface area contributed by atoms with Crippen molar-refractivity contribution in [2.24, 2.45) is 5.92 Å². The van der Waals surface area contributed by atoms with Crippen molar-refractivity contribution >= 4 is 6.47 Å².